The van der Waals surface area contributed by atoms with Crippen LogP contribution in [-0.2, 0) is 0 Å². The monoisotopic (exact) mass is 731 g/mol. The Hall–Kier alpha value is -7.76. The Morgan fingerprint density at radius 1 is 0.368 bits per heavy atom. The zero-order chi connectivity index (χ0) is 37.7. The summed E-state index contributed by atoms with van der Waals surface area (Å²) in [5, 5.41) is 3.11. The fourth-order valence-electron chi connectivity index (χ4n) is 7.97. The van der Waals surface area contributed by atoms with E-state index in [0.717, 1.165) is 83.4 Å². The molecule has 8 aromatic carbocycles. The van der Waals surface area contributed by atoms with Gasteiger partial charge >= 0.3 is 0 Å². The summed E-state index contributed by atoms with van der Waals surface area (Å²) in [5.41, 5.74) is 14.2. The molecule has 5 heteroatoms. The van der Waals surface area contributed by atoms with E-state index >= 15 is 0 Å². The summed E-state index contributed by atoms with van der Waals surface area (Å²) in [4.78, 5) is 12.5. The summed E-state index contributed by atoms with van der Waals surface area (Å²) in [6.45, 7) is 0. The lowest BCUT2D eigenvalue weighted by Crippen LogP contribution is -2.10. The Balaban J connectivity index is 1.07. The van der Waals surface area contributed by atoms with Gasteiger partial charge in [0.2, 0.25) is 0 Å². The summed E-state index contributed by atoms with van der Waals surface area (Å²) in [6, 6.07) is 69.2. The summed E-state index contributed by atoms with van der Waals surface area (Å²) in [7, 11) is 0. The van der Waals surface area contributed by atoms with Crippen molar-refractivity contribution in [1.29, 1.82) is 0 Å². The van der Waals surface area contributed by atoms with Crippen molar-refractivity contribution < 1.29 is 8.83 Å². The molecule has 0 fully saturated rings. The van der Waals surface area contributed by atoms with Crippen molar-refractivity contribution in [2.75, 3.05) is 4.90 Å². The number of nitrogens with zero attached hydrogens (tertiary/aromatic N) is 3. The zero-order valence-corrected chi connectivity index (χ0v) is 30.7. The van der Waals surface area contributed by atoms with Crippen LogP contribution >= 0.6 is 0 Å². The molecule has 0 radical (unpaired) electrons. The third-order valence-corrected chi connectivity index (χ3v) is 10.7. The maximum absolute atomic E-state index is 6.62. The van der Waals surface area contributed by atoms with Crippen LogP contribution in [0, 0.1) is 0 Å². The fourth-order valence-corrected chi connectivity index (χ4v) is 7.97. The minimum Gasteiger partial charge on any atom is -0.456 e. The van der Waals surface area contributed by atoms with Gasteiger partial charge in [0.1, 0.15) is 28.0 Å². The highest BCUT2D eigenvalue weighted by Gasteiger charge is 2.21. The predicted molar refractivity (Wildman–Crippen MR) is 233 cm³/mol. The number of aromatic nitrogens is 2. The lowest BCUT2D eigenvalue weighted by molar-refractivity contribution is 0.667. The van der Waals surface area contributed by atoms with Crippen molar-refractivity contribution in [2.45, 2.75) is 0 Å². The standard InChI is InChI=1S/C52H33N3O2/c1-4-14-34(15-5-1)35-28-30-40(31-29-35)55(39-18-8-3-9-19-39)41-32-44(48-42-20-10-12-22-45(42)56-47(48)33-41)36-24-26-38(27-25-36)52-53-49(37-16-6-2-7-17-37)51-50(54-52)43-21-11-13-23-46(43)57-51/h1-33H. The smallest absolute Gasteiger partial charge is 0.180 e. The van der Waals surface area contributed by atoms with Gasteiger partial charge in [-0.1, -0.05) is 146 Å². The molecule has 0 saturated heterocycles. The van der Waals surface area contributed by atoms with Gasteiger partial charge in [-0.2, -0.15) is 0 Å². The summed E-state index contributed by atoms with van der Waals surface area (Å²) >= 11 is 0. The predicted octanol–water partition coefficient (Wildman–Crippen LogP) is 14.4. The van der Waals surface area contributed by atoms with E-state index in [2.05, 4.69) is 150 Å². The normalized spacial score (nSPS) is 11.5. The number of rotatable bonds is 7. The highest BCUT2D eigenvalue weighted by Crippen LogP contribution is 2.44. The van der Waals surface area contributed by atoms with Gasteiger partial charge in [-0.15, -0.1) is 0 Å². The zero-order valence-electron chi connectivity index (χ0n) is 30.7. The van der Waals surface area contributed by atoms with E-state index in [9.17, 15) is 0 Å². The number of furan rings is 2. The topological polar surface area (TPSA) is 55.3 Å². The molecule has 57 heavy (non-hydrogen) atoms. The van der Waals surface area contributed by atoms with Crippen molar-refractivity contribution in [2.24, 2.45) is 0 Å². The molecule has 268 valence electrons. The fraction of sp³-hybridized carbons (Fsp3) is 0. The van der Waals surface area contributed by atoms with Crippen LogP contribution in [0.5, 0.6) is 0 Å². The first kappa shape index (κ1) is 32.7. The van der Waals surface area contributed by atoms with Gasteiger partial charge in [0, 0.05) is 44.7 Å². The maximum atomic E-state index is 6.62. The number of benzene rings is 8. The molecular formula is C52H33N3O2. The highest BCUT2D eigenvalue weighted by molar-refractivity contribution is 6.14. The molecule has 11 aromatic rings. The Morgan fingerprint density at radius 2 is 0.912 bits per heavy atom. The Bertz CT molecular complexity index is 3210. The van der Waals surface area contributed by atoms with Gasteiger partial charge < -0.3 is 13.7 Å². The van der Waals surface area contributed by atoms with Crippen LogP contribution in [0.4, 0.5) is 17.1 Å². The van der Waals surface area contributed by atoms with Gasteiger partial charge in [-0.3, -0.25) is 0 Å². The Morgan fingerprint density at radius 3 is 1.63 bits per heavy atom. The van der Waals surface area contributed by atoms with E-state index < -0.39 is 0 Å². The molecular weight excluding hydrogens is 699 g/mol. The number of fused-ring (bicyclic) bond motifs is 6. The third kappa shape index (κ3) is 5.72. The molecule has 0 aliphatic rings. The molecule has 0 bridgehead atoms. The summed E-state index contributed by atoms with van der Waals surface area (Å²) < 4.78 is 13.0. The Labute approximate surface area is 328 Å². The van der Waals surface area contributed by atoms with Crippen LogP contribution in [0.25, 0.3) is 88.9 Å². The maximum Gasteiger partial charge on any atom is 0.180 e. The second-order valence-electron chi connectivity index (χ2n) is 14.2. The molecule has 0 amide bonds. The number of hydrogen-bond acceptors (Lipinski definition) is 5. The van der Waals surface area contributed by atoms with Crippen molar-refractivity contribution in [3.8, 4) is 44.9 Å². The molecule has 0 unspecified atom stereocenters. The molecule has 11 rings (SSSR count). The largest absolute Gasteiger partial charge is 0.456 e. The number of hydrogen-bond donors (Lipinski definition) is 0. The molecule has 0 aliphatic heterocycles. The van der Waals surface area contributed by atoms with Crippen molar-refractivity contribution in [3.05, 3.63) is 200 Å². The van der Waals surface area contributed by atoms with Crippen LogP contribution in [0.2, 0.25) is 0 Å². The first-order valence-corrected chi connectivity index (χ1v) is 19.1. The van der Waals surface area contributed by atoms with E-state index in [1.54, 1.807) is 0 Å². The third-order valence-electron chi connectivity index (χ3n) is 10.7. The minimum absolute atomic E-state index is 0.640. The van der Waals surface area contributed by atoms with E-state index in [0.29, 0.717) is 11.4 Å². The minimum atomic E-state index is 0.640. The van der Waals surface area contributed by atoms with Crippen LogP contribution in [0.3, 0.4) is 0 Å². The van der Waals surface area contributed by atoms with E-state index in [4.69, 9.17) is 18.8 Å². The van der Waals surface area contributed by atoms with Crippen LogP contribution < -0.4 is 4.90 Å². The Kier molecular flexibility index (Phi) is 7.74. The van der Waals surface area contributed by atoms with Crippen LogP contribution in [0.1, 0.15) is 0 Å². The highest BCUT2D eigenvalue weighted by atomic mass is 16.3. The molecule has 0 N–H and O–H groups in total. The average Bonchev–Trinajstić information content (AvgIpc) is 3.86. The molecule has 0 spiro atoms. The molecule has 5 nitrogen and oxygen atoms in total. The summed E-state index contributed by atoms with van der Waals surface area (Å²) in [6.07, 6.45) is 0. The second kappa shape index (κ2) is 13.5. The SMILES string of the molecule is c1ccc(-c2ccc(N(c3ccccc3)c3cc(-c4ccc(-c5nc(-c6ccccc6)c6oc7ccccc7c6n5)cc4)c4c(c3)oc3ccccc34)cc2)cc1. The molecule has 0 saturated carbocycles. The molecule has 0 aliphatic carbocycles. The quantitative estimate of drug-likeness (QED) is 0.163. The van der Waals surface area contributed by atoms with Gasteiger partial charge in [0.05, 0.1) is 5.69 Å². The van der Waals surface area contributed by atoms with Crippen molar-refractivity contribution >= 4 is 61.1 Å². The van der Waals surface area contributed by atoms with Crippen LogP contribution in [-0.4, -0.2) is 9.97 Å². The first-order valence-electron chi connectivity index (χ1n) is 19.1. The van der Waals surface area contributed by atoms with Crippen molar-refractivity contribution in [1.82, 2.24) is 9.97 Å². The second-order valence-corrected chi connectivity index (χ2v) is 14.2. The van der Waals surface area contributed by atoms with Gasteiger partial charge in [-0.05, 0) is 70.8 Å². The first-order chi connectivity index (χ1) is 28.2. The molecule has 0 atom stereocenters. The average molecular weight is 732 g/mol. The summed E-state index contributed by atoms with van der Waals surface area (Å²) in [5.74, 6) is 0.640. The van der Waals surface area contributed by atoms with Gasteiger partial charge in [0.25, 0.3) is 0 Å². The van der Waals surface area contributed by atoms with E-state index in [1.807, 2.05) is 54.6 Å². The van der Waals surface area contributed by atoms with Crippen LogP contribution in [0.15, 0.2) is 209 Å². The van der Waals surface area contributed by atoms with Gasteiger partial charge in [-0.25, -0.2) is 9.97 Å². The van der Waals surface area contributed by atoms with Crippen molar-refractivity contribution in [3.63, 3.8) is 0 Å². The number of anilines is 3. The lowest BCUT2D eigenvalue weighted by Gasteiger charge is -2.26. The van der Waals surface area contributed by atoms with Gasteiger partial charge in [0.15, 0.2) is 11.4 Å². The number of para-hydroxylation sites is 3. The molecule has 3 aromatic heterocycles. The molecule has 3 heterocycles. The van der Waals surface area contributed by atoms with E-state index in [1.165, 1.54) is 11.1 Å². The van der Waals surface area contributed by atoms with E-state index in [-0.39, 0.29) is 0 Å². The lowest BCUT2D eigenvalue weighted by atomic mass is 9.97.